The number of β-amino-alcohol motifs (C(OH)–C–C–N with tert-alkyl or cyclic N) is 1. The minimum absolute atomic E-state index is 0.185. The van der Waals surface area contributed by atoms with Crippen LogP contribution in [0.5, 0.6) is 0 Å². The van der Waals surface area contributed by atoms with Gasteiger partial charge in [-0.1, -0.05) is 0 Å². The van der Waals surface area contributed by atoms with Gasteiger partial charge in [-0.15, -0.1) is 0 Å². The van der Waals surface area contributed by atoms with Gasteiger partial charge in [-0.2, -0.15) is 5.10 Å². The van der Waals surface area contributed by atoms with Crippen molar-refractivity contribution in [2.24, 2.45) is 7.05 Å². The third-order valence-electron chi connectivity index (χ3n) is 3.94. The van der Waals surface area contributed by atoms with Crippen LogP contribution < -0.4 is 10.2 Å². The molecule has 2 N–H and O–H groups in total. The standard InChI is InChI=1S/C15H20N6O2/c1-20-9-12(8-19-20)13(22)18-10-15(23)4-2-7-21(11-15)14-16-5-3-6-17-14/h3,5-6,8-9,23H,2,4,7,10-11H2,1H3,(H,18,22)/t15-/m1/s1. The molecule has 3 heterocycles. The Balaban J connectivity index is 1.61. The van der Waals surface area contributed by atoms with Crippen LogP contribution >= 0.6 is 0 Å². The van der Waals surface area contributed by atoms with E-state index in [0.29, 0.717) is 24.5 Å². The molecule has 8 heteroatoms. The first-order valence-electron chi connectivity index (χ1n) is 7.57. The molecule has 1 aliphatic rings. The van der Waals surface area contributed by atoms with Gasteiger partial charge >= 0.3 is 0 Å². The number of aromatic nitrogens is 4. The van der Waals surface area contributed by atoms with E-state index < -0.39 is 5.60 Å². The van der Waals surface area contributed by atoms with Gasteiger partial charge in [-0.3, -0.25) is 9.48 Å². The van der Waals surface area contributed by atoms with Crippen molar-refractivity contribution in [2.75, 3.05) is 24.5 Å². The molecule has 1 aliphatic heterocycles. The maximum Gasteiger partial charge on any atom is 0.254 e. The summed E-state index contributed by atoms with van der Waals surface area (Å²) in [6.45, 7) is 1.37. The highest BCUT2D eigenvalue weighted by molar-refractivity contribution is 5.93. The molecule has 2 aromatic rings. The molecule has 0 unspecified atom stereocenters. The van der Waals surface area contributed by atoms with E-state index in [1.165, 1.54) is 6.20 Å². The minimum atomic E-state index is -0.991. The van der Waals surface area contributed by atoms with E-state index in [1.807, 2.05) is 4.90 Å². The van der Waals surface area contributed by atoms with Crippen molar-refractivity contribution in [3.8, 4) is 0 Å². The molecule has 0 radical (unpaired) electrons. The van der Waals surface area contributed by atoms with Gasteiger partial charge in [0, 0.05) is 38.7 Å². The lowest BCUT2D eigenvalue weighted by atomic mass is 9.93. The van der Waals surface area contributed by atoms with Crippen molar-refractivity contribution in [3.63, 3.8) is 0 Å². The van der Waals surface area contributed by atoms with Crippen LogP contribution in [0.1, 0.15) is 23.2 Å². The topological polar surface area (TPSA) is 96.2 Å². The van der Waals surface area contributed by atoms with Crippen molar-refractivity contribution in [1.82, 2.24) is 25.1 Å². The fraction of sp³-hybridized carbons (Fsp3) is 0.467. The van der Waals surface area contributed by atoms with Gasteiger partial charge in [0.2, 0.25) is 5.95 Å². The molecule has 8 nitrogen and oxygen atoms in total. The highest BCUT2D eigenvalue weighted by Gasteiger charge is 2.34. The molecule has 1 atom stereocenters. The first-order valence-corrected chi connectivity index (χ1v) is 7.57. The number of amides is 1. The average Bonchev–Trinajstić information content (AvgIpc) is 3.00. The van der Waals surface area contributed by atoms with E-state index in [9.17, 15) is 9.90 Å². The normalized spacial score (nSPS) is 21.2. The number of aliphatic hydroxyl groups is 1. The van der Waals surface area contributed by atoms with Gasteiger partial charge in [-0.25, -0.2) is 9.97 Å². The molecule has 0 saturated carbocycles. The van der Waals surface area contributed by atoms with Crippen LogP contribution in [0.3, 0.4) is 0 Å². The molecule has 0 aliphatic carbocycles. The van der Waals surface area contributed by atoms with Crippen molar-refractivity contribution < 1.29 is 9.90 Å². The summed E-state index contributed by atoms with van der Waals surface area (Å²) in [5.41, 5.74) is -0.509. The molecule has 1 amide bonds. The Morgan fingerprint density at radius 2 is 2.22 bits per heavy atom. The molecule has 2 aromatic heterocycles. The highest BCUT2D eigenvalue weighted by Crippen LogP contribution is 2.23. The monoisotopic (exact) mass is 316 g/mol. The Labute approximate surface area is 134 Å². The largest absolute Gasteiger partial charge is 0.386 e. The van der Waals surface area contributed by atoms with E-state index in [-0.39, 0.29) is 12.5 Å². The number of hydrogen-bond acceptors (Lipinski definition) is 6. The average molecular weight is 316 g/mol. The zero-order valence-corrected chi connectivity index (χ0v) is 13.0. The van der Waals surface area contributed by atoms with Crippen LogP contribution in [0.25, 0.3) is 0 Å². The maximum atomic E-state index is 12.1. The molecule has 1 fully saturated rings. The molecule has 1 saturated heterocycles. The Morgan fingerprint density at radius 1 is 1.43 bits per heavy atom. The number of nitrogens with zero attached hydrogens (tertiary/aromatic N) is 5. The van der Waals surface area contributed by atoms with Crippen LogP contribution in [0, 0.1) is 0 Å². The summed E-state index contributed by atoms with van der Waals surface area (Å²) < 4.78 is 1.57. The summed E-state index contributed by atoms with van der Waals surface area (Å²) >= 11 is 0. The summed E-state index contributed by atoms with van der Waals surface area (Å²) in [7, 11) is 1.75. The number of hydrogen-bond donors (Lipinski definition) is 2. The third kappa shape index (κ3) is 3.65. The highest BCUT2D eigenvalue weighted by atomic mass is 16.3. The van der Waals surface area contributed by atoms with Gasteiger partial charge in [0.15, 0.2) is 0 Å². The van der Waals surface area contributed by atoms with Gasteiger partial charge in [0.1, 0.15) is 0 Å². The van der Waals surface area contributed by atoms with Crippen molar-refractivity contribution in [3.05, 3.63) is 36.4 Å². The van der Waals surface area contributed by atoms with Gasteiger partial charge in [-0.05, 0) is 18.9 Å². The predicted octanol–water partition coefficient (Wildman–Crippen LogP) is -0.0286. The smallest absolute Gasteiger partial charge is 0.254 e. The molecule has 122 valence electrons. The Hall–Kier alpha value is -2.48. The number of carbonyl (C=O) groups is 1. The lowest BCUT2D eigenvalue weighted by molar-refractivity contribution is 0.0252. The summed E-state index contributed by atoms with van der Waals surface area (Å²) in [6.07, 6.45) is 7.95. The minimum Gasteiger partial charge on any atom is -0.386 e. The molecule has 23 heavy (non-hydrogen) atoms. The van der Waals surface area contributed by atoms with Crippen LogP contribution in [0.15, 0.2) is 30.9 Å². The zero-order valence-electron chi connectivity index (χ0n) is 13.0. The second-order valence-electron chi connectivity index (χ2n) is 5.88. The van der Waals surface area contributed by atoms with Crippen molar-refractivity contribution in [1.29, 1.82) is 0 Å². The van der Waals surface area contributed by atoms with Crippen LogP contribution in [-0.2, 0) is 7.05 Å². The number of nitrogens with one attached hydrogen (secondary N) is 1. The van der Waals surface area contributed by atoms with Gasteiger partial charge < -0.3 is 15.3 Å². The SMILES string of the molecule is Cn1cc(C(=O)NC[C@]2(O)CCCN(c3ncccn3)C2)cn1. The predicted molar refractivity (Wildman–Crippen MR) is 84.0 cm³/mol. The zero-order chi connectivity index (χ0) is 16.3. The van der Waals surface area contributed by atoms with E-state index >= 15 is 0 Å². The van der Waals surface area contributed by atoms with Crippen molar-refractivity contribution in [2.45, 2.75) is 18.4 Å². The summed E-state index contributed by atoms with van der Waals surface area (Å²) in [5.74, 6) is 0.365. The Morgan fingerprint density at radius 3 is 2.91 bits per heavy atom. The second kappa shape index (κ2) is 6.33. The summed E-state index contributed by atoms with van der Waals surface area (Å²) in [5, 5.41) is 17.5. The molecular formula is C15H20N6O2. The maximum absolute atomic E-state index is 12.1. The van der Waals surface area contributed by atoms with E-state index in [0.717, 1.165) is 13.0 Å². The van der Waals surface area contributed by atoms with Crippen LogP contribution in [0.4, 0.5) is 5.95 Å². The Kier molecular flexibility index (Phi) is 4.24. The first kappa shape index (κ1) is 15.4. The summed E-state index contributed by atoms with van der Waals surface area (Å²) in [4.78, 5) is 22.5. The molecule has 3 rings (SSSR count). The molecular weight excluding hydrogens is 296 g/mol. The van der Waals surface area contributed by atoms with Crippen LogP contribution in [0.2, 0.25) is 0 Å². The molecule has 0 spiro atoms. The fourth-order valence-corrected chi connectivity index (χ4v) is 2.77. The van der Waals surface area contributed by atoms with E-state index in [1.54, 1.807) is 36.4 Å². The first-order chi connectivity index (χ1) is 11.1. The second-order valence-corrected chi connectivity index (χ2v) is 5.88. The Bertz CT molecular complexity index is 674. The molecule has 0 bridgehead atoms. The number of rotatable bonds is 4. The van der Waals surface area contributed by atoms with Gasteiger partial charge in [0.05, 0.1) is 23.9 Å². The third-order valence-corrected chi connectivity index (χ3v) is 3.94. The number of carbonyl (C=O) groups excluding carboxylic acids is 1. The fourth-order valence-electron chi connectivity index (χ4n) is 2.77. The van der Waals surface area contributed by atoms with Crippen molar-refractivity contribution >= 4 is 11.9 Å². The summed E-state index contributed by atoms with van der Waals surface area (Å²) in [6, 6.07) is 1.76. The lowest BCUT2D eigenvalue weighted by Gasteiger charge is -2.39. The number of aryl methyl sites for hydroxylation is 1. The molecule has 0 aromatic carbocycles. The lowest BCUT2D eigenvalue weighted by Crippen LogP contribution is -2.54. The number of anilines is 1. The number of piperidine rings is 1. The quantitative estimate of drug-likeness (QED) is 0.822. The van der Waals surface area contributed by atoms with Gasteiger partial charge in [0.25, 0.3) is 5.91 Å². The van der Waals surface area contributed by atoms with Crippen LogP contribution in [-0.4, -0.2) is 56.0 Å². The van der Waals surface area contributed by atoms with E-state index in [4.69, 9.17) is 0 Å². The van der Waals surface area contributed by atoms with E-state index in [2.05, 4.69) is 20.4 Å².